The molecule has 2 fully saturated rings. The molecule has 1 aliphatic carbocycles. The molecule has 1 saturated carbocycles. The number of thioether (sulfide) groups is 1. The van der Waals surface area contributed by atoms with E-state index in [9.17, 15) is 13.2 Å². The predicted octanol–water partition coefficient (Wildman–Crippen LogP) is 1.98. The molecule has 0 aromatic carbocycles. The van der Waals surface area contributed by atoms with Crippen LogP contribution in [0.4, 0.5) is 0 Å². The highest BCUT2D eigenvalue weighted by molar-refractivity contribution is 8.00. The van der Waals surface area contributed by atoms with E-state index in [1.54, 1.807) is 4.90 Å². The summed E-state index contributed by atoms with van der Waals surface area (Å²) >= 11 is 1.34. The summed E-state index contributed by atoms with van der Waals surface area (Å²) in [6.45, 7) is 4.25. The van der Waals surface area contributed by atoms with Gasteiger partial charge in [-0.1, -0.05) is 24.6 Å². The zero-order valence-electron chi connectivity index (χ0n) is 14.8. The molecule has 1 aromatic heterocycles. The van der Waals surface area contributed by atoms with Crippen molar-refractivity contribution in [3.8, 4) is 0 Å². The fourth-order valence-electron chi connectivity index (χ4n) is 3.75. The SMILES string of the molecule is CCN(C(=O)C(C)Sc1n[nH]c(C2CCCC2)n1)C1CCS(=O)(=O)C1. The van der Waals surface area contributed by atoms with Gasteiger partial charge < -0.3 is 4.90 Å². The lowest BCUT2D eigenvalue weighted by Crippen LogP contribution is -2.44. The Morgan fingerprint density at radius 3 is 2.68 bits per heavy atom. The van der Waals surface area contributed by atoms with E-state index in [2.05, 4.69) is 15.2 Å². The van der Waals surface area contributed by atoms with E-state index in [-0.39, 0.29) is 28.7 Å². The standard InChI is InChI=1S/C16H26N4O3S2/c1-3-20(13-8-9-25(22,23)10-13)15(21)11(2)24-16-17-14(18-19-16)12-6-4-5-7-12/h11-13H,3-10H2,1-2H3,(H,17,18,19). The van der Waals surface area contributed by atoms with Crippen molar-refractivity contribution in [1.82, 2.24) is 20.1 Å². The molecule has 2 atom stereocenters. The minimum atomic E-state index is -3.01. The van der Waals surface area contributed by atoms with Crippen LogP contribution in [0, 0.1) is 0 Å². The van der Waals surface area contributed by atoms with Gasteiger partial charge in [0.1, 0.15) is 5.82 Å². The maximum Gasteiger partial charge on any atom is 0.236 e. The number of hydrogen-bond acceptors (Lipinski definition) is 6. The second-order valence-corrected chi connectivity index (χ2v) is 10.5. The molecule has 2 aliphatic rings. The van der Waals surface area contributed by atoms with E-state index in [1.807, 2.05) is 13.8 Å². The lowest BCUT2D eigenvalue weighted by Gasteiger charge is -2.29. The number of aromatic nitrogens is 3. The first-order chi connectivity index (χ1) is 11.9. The van der Waals surface area contributed by atoms with Gasteiger partial charge in [0.2, 0.25) is 11.1 Å². The molecule has 9 heteroatoms. The summed E-state index contributed by atoms with van der Waals surface area (Å²) in [5, 5.41) is 7.52. The van der Waals surface area contributed by atoms with Gasteiger partial charge in [0, 0.05) is 18.5 Å². The zero-order chi connectivity index (χ0) is 18.0. The van der Waals surface area contributed by atoms with Crippen molar-refractivity contribution in [2.24, 2.45) is 0 Å². The largest absolute Gasteiger partial charge is 0.338 e. The van der Waals surface area contributed by atoms with Gasteiger partial charge in [-0.25, -0.2) is 13.4 Å². The average Bonchev–Trinajstić information content (AvgIpc) is 3.28. The fraction of sp³-hybridized carbons (Fsp3) is 0.812. The Kier molecular flexibility index (Phi) is 5.72. The number of aromatic amines is 1. The molecule has 0 radical (unpaired) electrons. The van der Waals surface area contributed by atoms with Crippen LogP contribution in [0.2, 0.25) is 0 Å². The summed E-state index contributed by atoms with van der Waals surface area (Å²) in [6.07, 6.45) is 5.30. The summed E-state index contributed by atoms with van der Waals surface area (Å²) in [5.41, 5.74) is 0. The molecule has 140 valence electrons. The Morgan fingerprint density at radius 1 is 1.36 bits per heavy atom. The molecule has 1 aliphatic heterocycles. The Hall–Kier alpha value is -1.09. The molecular formula is C16H26N4O3S2. The van der Waals surface area contributed by atoms with Gasteiger partial charge in [0.15, 0.2) is 9.84 Å². The van der Waals surface area contributed by atoms with E-state index in [1.165, 1.54) is 24.6 Å². The number of H-pyrrole nitrogens is 1. The van der Waals surface area contributed by atoms with Gasteiger partial charge in [-0.05, 0) is 33.1 Å². The van der Waals surface area contributed by atoms with Crippen molar-refractivity contribution in [2.45, 2.75) is 68.3 Å². The zero-order valence-corrected chi connectivity index (χ0v) is 16.4. The first-order valence-corrected chi connectivity index (χ1v) is 11.7. The minimum Gasteiger partial charge on any atom is -0.338 e. The monoisotopic (exact) mass is 386 g/mol. The third-order valence-electron chi connectivity index (χ3n) is 5.13. The van der Waals surface area contributed by atoms with E-state index in [4.69, 9.17) is 0 Å². The van der Waals surface area contributed by atoms with Gasteiger partial charge in [-0.15, -0.1) is 5.10 Å². The Morgan fingerprint density at radius 2 is 2.08 bits per heavy atom. The van der Waals surface area contributed by atoms with Crippen LogP contribution in [-0.2, 0) is 14.6 Å². The highest BCUT2D eigenvalue weighted by Crippen LogP contribution is 2.33. The van der Waals surface area contributed by atoms with Crippen LogP contribution in [0.15, 0.2) is 5.16 Å². The highest BCUT2D eigenvalue weighted by Gasteiger charge is 2.35. The van der Waals surface area contributed by atoms with Crippen LogP contribution in [0.3, 0.4) is 0 Å². The molecule has 3 rings (SSSR count). The smallest absolute Gasteiger partial charge is 0.236 e. The summed E-state index contributed by atoms with van der Waals surface area (Å²) < 4.78 is 23.4. The molecule has 1 amide bonds. The van der Waals surface area contributed by atoms with Crippen molar-refractivity contribution in [3.63, 3.8) is 0 Å². The van der Waals surface area contributed by atoms with E-state index in [0.717, 1.165) is 18.7 Å². The molecule has 1 N–H and O–H groups in total. The van der Waals surface area contributed by atoms with Crippen molar-refractivity contribution in [3.05, 3.63) is 5.82 Å². The quantitative estimate of drug-likeness (QED) is 0.751. The molecular weight excluding hydrogens is 360 g/mol. The number of nitrogens with one attached hydrogen (secondary N) is 1. The third-order valence-corrected chi connectivity index (χ3v) is 7.83. The summed E-state index contributed by atoms with van der Waals surface area (Å²) in [5.74, 6) is 1.60. The predicted molar refractivity (Wildman–Crippen MR) is 97.4 cm³/mol. The second kappa shape index (κ2) is 7.65. The lowest BCUT2D eigenvalue weighted by molar-refractivity contribution is -0.131. The molecule has 1 saturated heterocycles. The minimum absolute atomic E-state index is 0.0400. The number of rotatable bonds is 6. The van der Waals surface area contributed by atoms with Gasteiger partial charge in [0.25, 0.3) is 0 Å². The Balaban J connectivity index is 1.61. The van der Waals surface area contributed by atoms with E-state index >= 15 is 0 Å². The summed E-state index contributed by atoms with van der Waals surface area (Å²) in [7, 11) is -3.01. The number of hydrogen-bond donors (Lipinski definition) is 1. The van der Waals surface area contributed by atoms with E-state index < -0.39 is 9.84 Å². The number of carbonyl (C=O) groups is 1. The normalized spacial score (nSPS) is 24.5. The second-order valence-electron chi connectivity index (χ2n) is 6.93. The number of carbonyl (C=O) groups excluding carboxylic acids is 1. The molecule has 7 nitrogen and oxygen atoms in total. The van der Waals surface area contributed by atoms with Crippen LogP contribution in [0.25, 0.3) is 0 Å². The summed E-state index contributed by atoms with van der Waals surface area (Å²) in [6, 6.07) is -0.202. The van der Waals surface area contributed by atoms with Gasteiger partial charge in [-0.2, -0.15) is 0 Å². The van der Waals surface area contributed by atoms with Gasteiger partial charge in [-0.3, -0.25) is 9.89 Å². The molecule has 2 heterocycles. The van der Waals surface area contributed by atoms with Crippen molar-refractivity contribution >= 4 is 27.5 Å². The molecule has 2 unspecified atom stereocenters. The van der Waals surface area contributed by atoms with Crippen LogP contribution in [0.5, 0.6) is 0 Å². The summed E-state index contributed by atoms with van der Waals surface area (Å²) in [4.78, 5) is 19.0. The first kappa shape index (κ1) is 18.7. The van der Waals surface area contributed by atoms with Crippen LogP contribution in [-0.4, -0.2) is 63.7 Å². The van der Waals surface area contributed by atoms with Crippen molar-refractivity contribution < 1.29 is 13.2 Å². The van der Waals surface area contributed by atoms with E-state index in [0.29, 0.717) is 24.0 Å². The lowest BCUT2D eigenvalue weighted by atomic mass is 10.1. The molecule has 0 spiro atoms. The molecule has 0 bridgehead atoms. The number of sulfone groups is 1. The topological polar surface area (TPSA) is 96.0 Å². The van der Waals surface area contributed by atoms with Gasteiger partial charge in [0.05, 0.1) is 16.8 Å². The van der Waals surface area contributed by atoms with Crippen molar-refractivity contribution in [2.75, 3.05) is 18.1 Å². The number of nitrogens with zero attached hydrogens (tertiary/aromatic N) is 3. The van der Waals surface area contributed by atoms with Crippen molar-refractivity contribution in [1.29, 1.82) is 0 Å². The third kappa shape index (κ3) is 4.36. The molecule has 1 aromatic rings. The fourth-order valence-corrected chi connectivity index (χ4v) is 6.28. The van der Waals surface area contributed by atoms with Crippen LogP contribution in [0.1, 0.15) is 57.7 Å². The number of amides is 1. The highest BCUT2D eigenvalue weighted by atomic mass is 32.2. The Bertz CT molecular complexity index is 713. The Labute approximate surface area is 153 Å². The first-order valence-electron chi connectivity index (χ1n) is 8.99. The van der Waals surface area contributed by atoms with Gasteiger partial charge >= 0.3 is 0 Å². The average molecular weight is 387 g/mol. The van der Waals surface area contributed by atoms with Crippen LogP contribution >= 0.6 is 11.8 Å². The van der Waals surface area contributed by atoms with Crippen LogP contribution < -0.4 is 0 Å². The molecule has 25 heavy (non-hydrogen) atoms. The maximum atomic E-state index is 12.8. The maximum absolute atomic E-state index is 12.8.